The maximum Gasteiger partial charge on any atom is 0.272 e. The van der Waals surface area contributed by atoms with Gasteiger partial charge in [-0.2, -0.15) is 5.26 Å². The summed E-state index contributed by atoms with van der Waals surface area (Å²) in [5, 5.41) is 9.93. The molecule has 0 saturated carbocycles. The molecule has 1 aliphatic rings. The van der Waals surface area contributed by atoms with Crippen LogP contribution in [0.3, 0.4) is 0 Å². The molecule has 4 nitrogen and oxygen atoms in total. The molecule has 0 N–H and O–H groups in total. The van der Waals surface area contributed by atoms with Crippen LogP contribution in [0.2, 0.25) is 0 Å². The van der Waals surface area contributed by atoms with Crippen molar-refractivity contribution in [3.63, 3.8) is 0 Å². The summed E-state index contributed by atoms with van der Waals surface area (Å²) in [6.45, 7) is 0.624. The lowest BCUT2D eigenvalue weighted by molar-refractivity contribution is 0.655. The van der Waals surface area contributed by atoms with Crippen molar-refractivity contribution in [2.45, 2.75) is 11.7 Å². The Balaban J connectivity index is 2.31. The summed E-state index contributed by atoms with van der Waals surface area (Å²) in [4.78, 5) is 16.7. The Kier molecular flexibility index (Phi) is 3.17. The minimum Gasteiger partial charge on any atom is -0.286 e. The van der Waals surface area contributed by atoms with Crippen molar-refractivity contribution in [3.8, 4) is 17.3 Å². The number of benzene rings is 1. The van der Waals surface area contributed by atoms with E-state index in [1.165, 1.54) is 0 Å². The molecule has 0 unspecified atom stereocenters. The van der Waals surface area contributed by atoms with Gasteiger partial charge in [-0.3, -0.25) is 9.36 Å². The van der Waals surface area contributed by atoms with E-state index in [1.807, 2.05) is 30.3 Å². The van der Waals surface area contributed by atoms with Crippen LogP contribution >= 0.6 is 27.7 Å². The quantitative estimate of drug-likeness (QED) is 0.753. The molecule has 19 heavy (non-hydrogen) atoms. The normalized spacial score (nSPS) is 13.1. The maximum absolute atomic E-state index is 12.2. The van der Waals surface area contributed by atoms with Gasteiger partial charge in [-0.15, -0.1) is 0 Å². The molecule has 0 aliphatic carbocycles. The number of nitriles is 1. The molecule has 0 spiro atoms. The highest BCUT2D eigenvalue weighted by Crippen LogP contribution is 2.28. The van der Waals surface area contributed by atoms with E-state index in [0.717, 1.165) is 15.8 Å². The number of nitrogens with zero attached hydrogens (tertiary/aromatic N) is 3. The second-order valence-corrected chi connectivity index (χ2v) is 6.02. The first-order valence-corrected chi connectivity index (χ1v) is 7.42. The predicted octanol–water partition coefficient (Wildman–Crippen LogP) is 2.65. The molecule has 94 valence electrons. The van der Waals surface area contributed by atoms with Crippen molar-refractivity contribution in [1.82, 2.24) is 9.55 Å². The summed E-state index contributed by atoms with van der Waals surface area (Å²) < 4.78 is 2.47. The molecular formula is C13H8BrN3OS. The van der Waals surface area contributed by atoms with Crippen LogP contribution in [-0.4, -0.2) is 15.3 Å². The molecule has 0 radical (unpaired) electrons. The van der Waals surface area contributed by atoms with Crippen LogP contribution in [0.15, 0.2) is 38.7 Å². The Morgan fingerprint density at radius 2 is 2.32 bits per heavy atom. The van der Waals surface area contributed by atoms with Crippen LogP contribution in [0.4, 0.5) is 0 Å². The van der Waals surface area contributed by atoms with E-state index in [-0.39, 0.29) is 11.1 Å². The van der Waals surface area contributed by atoms with Crippen molar-refractivity contribution in [1.29, 1.82) is 5.26 Å². The average molecular weight is 334 g/mol. The Labute approximate surface area is 122 Å². The van der Waals surface area contributed by atoms with Gasteiger partial charge in [0.05, 0.1) is 5.69 Å². The number of thioether (sulfide) groups is 1. The number of rotatable bonds is 1. The average Bonchev–Trinajstić information content (AvgIpc) is 2.87. The standard InChI is InChI=1S/C13H8BrN3OS/c14-9-3-1-2-8(6-9)11-10(7-15)12(18)17-4-5-19-13(17)16-11/h1-3,6H,4-5H2. The topological polar surface area (TPSA) is 58.7 Å². The summed E-state index contributed by atoms with van der Waals surface area (Å²) in [6.07, 6.45) is 0. The van der Waals surface area contributed by atoms with Crippen molar-refractivity contribution in [2.75, 3.05) is 5.75 Å². The summed E-state index contributed by atoms with van der Waals surface area (Å²) in [5.74, 6) is 0.828. The molecule has 2 heterocycles. The zero-order valence-corrected chi connectivity index (χ0v) is 12.2. The fraction of sp³-hybridized carbons (Fsp3) is 0.154. The van der Waals surface area contributed by atoms with E-state index in [1.54, 1.807) is 16.3 Å². The first-order chi connectivity index (χ1) is 9.20. The molecule has 0 saturated heterocycles. The van der Waals surface area contributed by atoms with Crippen molar-refractivity contribution >= 4 is 27.7 Å². The largest absolute Gasteiger partial charge is 0.286 e. The van der Waals surface area contributed by atoms with Gasteiger partial charge in [0, 0.05) is 22.3 Å². The fourth-order valence-corrected chi connectivity index (χ4v) is 3.36. The smallest absolute Gasteiger partial charge is 0.272 e. The first-order valence-electron chi connectivity index (χ1n) is 5.64. The molecule has 2 aromatic rings. The van der Waals surface area contributed by atoms with Gasteiger partial charge in [0.1, 0.15) is 11.6 Å². The Bertz CT molecular complexity index is 763. The second kappa shape index (κ2) is 4.83. The van der Waals surface area contributed by atoms with Gasteiger partial charge >= 0.3 is 0 Å². The SMILES string of the molecule is N#Cc1c(-c2cccc(Br)c2)nc2n(c1=O)CCS2. The van der Waals surface area contributed by atoms with E-state index in [2.05, 4.69) is 20.9 Å². The third-order valence-electron chi connectivity index (χ3n) is 2.89. The molecule has 0 atom stereocenters. The minimum atomic E-state index is -0.243. The summed E-state index contributed by atoms with van der Waals surface area (Å²) >= 11 is 4.93. The lowest BCUT2D eigenvalue weighted by atomic mass is 10.1. The highest BCUT2D eigenvalue weighted by Gasteiger charge is 2.21. The second-order valence-electron chi connectivity index (χ2n) is 4.05. The molecule has 3 rings (SSSR count). The van der Waals surface area contributed by atoms with E-state index < -0.39 is 0 Å². The molecule has 1 aromatic carbocycles. The summed E-state index contributed by atoms with van der Waals surface area (Å²) in [7, 11) is 0. The van der Waals surface area contributed by atoms with Crippen molar-refractivity contribution in [3.05, 3.63) is 44.7 Å². The Morgan fingerprint density at radius 3 is 3.05 bits per heavy atom. The Morgan fingerprint density at radius 1 is 1.47 bits per heavy atom. The predicted molar refractivity (Wildman–Crippen MR) is 77.1 cm³/mol. The number of aromatic nitrogens is 2. The third kappa shape index (κ3) is 2.09. The molecule has 1 aromatic heterocycles. The maximum atomic E-state index is 12.2. The number of halogens is 1. The first kappa shape index (κ1) is 12.5. The van der Waals surface area contributed by atoms with Gasteiger partial charge < -0.3 is 0 Å². The van der Waals surface area contributed by atoms with E-state index in [9.17, 15) is 10.1 Å². The van der Waals surface area contributed by atoms with Gasteiger partial charge in [0.15, 0.2) is 5.16 Å². The van der Waals surface area contributed by atoms with Crippen LogP contribution in [0, 0.1) is 11.3 Å². The van der Waals surface area contributed by atoms with E-state index in [4.69, 9.17) is 0 Å². The molecule has 0 amide bonds. The van der Waals surface area contributed by atoms with Gasteiger partial charge in [-0.05, 0) is 12.1 Å². The summed E-state index contributed by atoms with van der Waals surface area (Å²) in [5.41, 5.74) is 1.12. The Hall–Kier alpha value is -1.58. The highest BCUT2D eigenvalue weighted by molar-refractivity contribution is 9.10. The number of hydrogen-bond donors (Lipinski definition) is 0. The van der Waals surface area contributed by atoms with E-state index >= 15 is 0 Å². The lowest BCUT2D eigenvalue weighted by Crippen LogP contribution is -2.24. The van der Waals surface area contributed by atoms with Crippen LogP contribution in [0.1, 0.15) is 5.56 Å². The molecule has 6 heteroatoms. The monoisotopic (exact) mass is 333 g/mol. The summed E-state index contributed by atoms with van der Waals surface area (Å²) in [6, 6.07) is 9.46. The zero-order chi connectivity index (χ0) is 13.4. The van der Waals surface area contributed by atoms with Crippen LogP contribution in [0.25, 0.3) is 11.3 Å². The lowest BCUT2D eigenvalue weighted by Gasteiger charge is -2.07. The highest BCUT2D eigenvalue weighted by atomic mass is 79.9. The molecule has 0 bridgehead atoms. The van der Waals surface area contributed by atoms with Gasteiger partial charge in [-0.1, -0.05) is 39.8 Å². The van der Waals surface area contributed by atoms with Crippen LogP contribution in [0.5, 0.6) is 0 Å². The van der Waals surface area contributed by atoms with Gasteiger partial charge in [0.25, 0.3) is 5.56 Å². The minimum absolute atomic E-state index is 0.115. The van der Waals surface area contributed by atoms with Crippen molar-refractivity contribution < 1.29 is 0 Å². The van der Waals surface area contributed by atoms with Gasteiger partial charge in [0.2, 0.25) is 0 Å². The van der Waals surface area contributed by atoms with E-state index in [0.29, 0.717) is 17.4 Å². The molecular weight excluding hydrogens is 326 g/mol. The number of hydrogen-bond acceptors (Lipinski definition) is 4. The fourth-order valence-electron chi connectivity index (χ4n) is 2.02. The zero-order valence-electron chi connectivity index (χ0n) is 9.76. The van der Waals surface area contributed by atoms with Crippen molar-refractivity contribution in [2.24, 2.45) is 0 Å². The van der Waals surface area contributed by atoms with Gasteiger partial charge in [-0.25, -0.2) is 4.98 Å². The molecule has 0 fully saturated rings. The molecule has 1 aliphatic heterocycles. The van der Waals surface area contributed by atoms with Crippen LogP contribution < -0.4 is 5.56 Å². The third-order valence-corrected chi connectivity index (χ3v) is 4.34. The van der Waals surface area contributed by atoms with Crippen LogP contribution in [-0.2, 0) is 6.54 Å². The number of fused-ring (bicyclic) bond motifs is 1.